The number of hydrogen-bond acceptors (Lipinski definition) is 5. The van der Waals surface area contributed by atoms with E-state index in [4.69, 9.17) is 9.47 Å². The lowest BCUT2D eigenvalue weighted by Crippen LogP contribution is -2.50. The minimum Gasteiger partial charge on any atom is -0.496 e. The van der Waals surface area contributed by atoms with Gasteiger partial charge in [-0.05, 0) is 107 Å². The molecule has 0 heterocycles. The highest BCUT2D eigenvalue weighted by Gasteiger charge is 2.51. The van der Waals surface area contributed by atoms with Crippen LogP contribution in [-0.2, 0) is 9.59 Å². The molecule has 5 fully saturated rings. The third-order valence-corrected chi connectivity index (χ3v) is 12.0. The summed E-state index contributed by atoms with van der Waals surface area (Å²) in [5.74, 6) is 0.566. The number of methoxy groups -OCH3 is 1. The molecule has 0 radical (unpaired) electrons. The van der Waals surface area contributed by atoms with Gasteiger partial charge < -0.3 is 25.2 Å². The Morgan fingerprint density at radius 1 is 0.978 bits per heavy atom. The Bertz CT molecular complexity index is 1250. The second-order valence-corrected chi connectivity index (χ2v) is 15.1. The predicted octanol–water partition coefficient (Wildman–Crippen LogP) is 6.50. The van der Waals surface area contributed by atoms with Crippen LogP contribution in [-0.4, -0.2) is 48.7 Å². The van der Waals surface area contributed by atoms with Crippen LogP contribution in [0.25, 0.3) is 0 Å². The predicted molar refractivity (Wildman–Crippen MR) is 168 cm³/mol. The molecule has 45 heavy (non-hydrogen) atoms. The van der Waals surface area contributed by atoms with E-state index < -0.39 is 23.1 Å². The number of carbonyl (C=O) groups excluding carboxylic acids is 2. The molecule has 1 aromatic rings. The number of amides is 2. The average Bonchev–Trinajstić information content (AvgIpc) is 3.69. The van der Waals surface area contributed by atoms with Crippen LogP contribution >= 0.6 is 0 Å². The summed E-state index contributed by atoms with van der Waals surface area (Å²) in [5, 5.41) is 16.0. The van der Waals surface area contributed by atoms with Crippen molar-refractivity contribution in [1.82, 2.24) is 10.6 Å². The first-order valence-electron chi connectivity index (χ1n) is 17.5. The molecule has 2 bridgehead atoms. The van der Waals surface area contributed by atoms with E-state index >= 15 is 4.39 Å². The maximum atomic E-state index is 15.1. The second-order valence-electron chi connectivity index (χ2n) is 15.1. The zero-order valence-corrected chi connectivity index (χ0v) is 27.0. The Morgan fingerprint density at radius 3 is 2.36 bits per heavy atom. The lowest BCUT2D eigenvalue weighted by molar-refractivity contribution is -0.150. The van der Waals surface area contributed by atoms with Crippen molar-refractivity contribution in [2.75, 3.05) is 13.7 Å². The van der Waals surface area contributed by atoms with Gasteiger partial charge in [0.05, 0.1) is 30.1 Å². The van der Waals surface area contributed by atoms with Gasteiger partial charge in [0.15, 0.2) is 11.6 Å². The lowest BCUT2D eigenvalue weighted by Gasteiger charge is -2.34. The molecule has 0 unspecified atom stereocenters. The number of ether oxygens (including phenoxy) is 2. The number of nitrogens with one attached hydrogen (secondary N) is 2. The molecule has 5 saturated carbocycles. The van der Waals surface area contributed by atoms with Crippen LogP contribution in [0.5, 0.6) is 11.5 Å². The number of carboxylic acids is 1. The SMILES string of the molecule is COc1cc(F)c(OC2CCC(C)(C(=O)O)CC2)cc1C(=O)N[C@@H]1[C@H]2CC[C@H](C2)[C@@H]1C(=O)NC[C@@H](CC1CCCCC1)C1CC1. The van der Waals surface area contributed by atoms with E-state index in [1.165, 1.54) is 70.6 Å². The first-order valence-corrected chi connectivity index (χ1v) is 17.5. The molecule has 0 aliphatic heterocycles. The van der Waals surface area contributed by atoms with Crippen molar-refractivity contribution in [3.63, 3.8) is 0 Å². The normalized spacial score (nSPS) is 32.1. The van der Waals surface area contributed by atoms with E-state index in [9.17, 15) is 19.5 Å². The number of hydrogen-bond donors (Lipinski definition) is 3. The molecular weight excluding hydrogens is 575 g/mol. The summed E-state index contributed by atoms with van der Waals surface area (Å²) < 4.78 is 26.5. The van der Waals surface area contributed by atoms with Gasteiger partial charge in [-0.15, -0.1) is 0 Å². The van der Waals surface area contributed by atoms with Gasteiger partial charge in [-0.2, -0.15) is 0 Å². The molecule has 2 amide bonds. The van der Waals surface area contributed by atoms with Crippen LogP contribution in [0, 0.1) is 46.7 Å². The third kappa shape index (κ3) is 7.12. The second kappa shape index (κ2) is 13.5. The van der Waals surface area contributed by atoms with Gasteiger partial charge in [-0.1, -0.05) is 32.1 Å². The molecule has 3 N–H and O–H groups in total. The zero-order chi connectivity index (χ0) is 31.7. The molecule has 5 atom stereocenters. The van der Waals surface area contributed by atoms with Crippen LogP contribution in [0.15, 0.2) is 12.1 Å². The molecule has 0 spiro atoms. The summed E-state index contributed by atoms with van der Waals surface area (Å²) in [7, 11) is 1.40. The van der Waals surface area contributed by atoms with Crippen LogP contribution in [0.1, 0.15) is 114 Å². The maximum Gasteiger partial charge on any atom is 0.309 e. The van der Waals surface area contributed by atoms with Gasteiger partial charge in [0, 0.05) is 18.7 Å². The number of benzene rings is 1. The number of carbonyl (C=O) groups is 3. The van der Waals surface area contributed by atoms with Gasteiger partial charge >= 0.3 is 5.97 Å². The summed E-state index contributed by atoms with van der Waals surface area (Å²) >= 11 is 0. The van der Waals surface area contributed by atoms with Crippen LogP contribution in [0.4, 0.5) is 4.39 Å². The van der Waals surface area contributed by atoms with Crippen molar-refractivity contribution in [3.8, 4) is 11.5 Å². The van der Waals surface area contributed by atoms with E-state index in [2.05, 4.69) is 10.6 Å². The van der Waals surface area contributed by atoms with Gasteiger partial charge in [0.1, 0.15) is 5.75 Å². The topological polar surface area (TPSA) is 114 Å². The van der Waals surface area contributed by atoms with Crippen LogP contribution in [0.3, 0.4) is 0 Å². The van der Waals surface area contributed by atoms with Crippen LogP contribution < -0.4 is 20.1 Å². The van der Waals surface area contributed by atoms with E-state index in [0.29, 0.717) is 31.6 Å². The molecule has 0 saturated heterocycles. The molecular formula is C36H51FN2O6. The van der Waals surface area contributed by atoms with Crippen molar-refractivity contribution in [1.29, 1.82) is 0 Å². The lowest BCUT2D eigenvalue weighted by atomic mass is 9.75. The standard InChI is InChI=1S/C36H51FN2O6/c1-36(35(42)43)14-12-26(13-15-36)45-30-18-27(29(44-2)19-28(30)37)33(40)39-32-24-11-10-23(17-24)31(32)34(41)38-20-25(22-8-9-22)16-21-6-4-3-5-7-21/h18-19,21-26,31-32H,3-17,20H2,1-2H3,(H,38,41)(H,39,40)(H,42,43)/t23-,24+,25-,26?,31+,32-,36?/m1/s1. The number of carboxylic acid groups (broad SMARTS) is 1. The molecule has 248 valence electrons. The Hall–Kier alpha value is -2.84. The summed E-state index contributed by atoms with van der Waals surface area (Å²) in [6.07, 6.45) is 14.9. The Balaban J connectivity index is 1.11. The number of rotatable bonds is 12. The Labute approximate surface area is 266 Å². The Kier molecular flexibility index (Phi) is 9.62. The van der Waals surface area contributed by atoms with E-state index in [1.807, 2.05) is 0 Å². The summed E-state index contributed by atoms with van der Waals surface area (Å²) in [5.41, 5.74) is -0.635. The van der Waals surface area contributed by atoms with E-state index in [0.717, 1.165) is 37.6 Å². The quantitative estimate of drug-likeness (QED) is 0.244. The fraction of sp³-hybridized carbons (Fsp3) is 0.750. The summed E-state index contributed by atoms with van der Waals surface area (Å²) in [4.78, 5) is 39.1. The summed E-state index contributed by atoms with van der Waals surface area (Å²) in [6.45, 7) is 2.46. The van der Waals surface area contributed by atoms with Gasteiger partial charge in [-0.3, -0.25) is 14.4 Å². The third-order valence-electron chi connectivity index (χ3n) is 12.0. The number of halogens is 1. The minimum absolute atomic E-state index is 0.0452. The first-order chi connectivity index (χ1) is 21.6. The smallest absolute Gasteiger partial charge is 0.309 e. The summed E-state index contributed by atoms with van der Waals surface area (Å²) in [6, 6.07) is 2.28. The van der Waals surface area contributed by atoms with Crippen molar-refractivity contribution in [2.45, 2.75) is 115 Å². The minimum atomic E-state index is -0.828. The number of aliphatic carboxylic acids is 1. The van der Waals surface area contributed by atoms with Gasteiger partial charge in [-0.25, -0.2) is 4.39 Å². The van der Waals surface area contributed by atoms with Gasteiger partial charge in [0.25, 0.3) is 5.91 Å². The number of fused-ring (bicyclic) bond motifs is 2. The van der Waals surface area contributed by atoms with Crippen molar-refractivity contribution in [2.24, 2.45) is 40.9 Å². The molecule has 0 aromatic heterocycles. The first kappa shape index (κ1) is 32.1. The highest BCUT2D eigenvalue weighted by molar-refractivity contribution is 5.98. The fourth-order valence-corrected chi connectivity index (χ4v) is 9.03. The van der Waals surface area contributed by atoms with Crippen LogP contribution in [0.2, 0.25) is 0 Å². The molecule has 1 aromatic carbocycles. The zero-order valence-electron chi connectivity index (χ0n) is 27.0. The molecule has 5 aliphatic rings. The average molecular weight is 627 g/mol. The fourth-order valence-electron chi connectivity index (χ4n) is 9.03. The molecule has 8 nitrogen and oxygen atoms in total. The highest BCUT2D eigenvalue weighted by atomic mass is 19.1. The molecule has 6 rings (SSSR count). The monoisotopic (exact) mass is 626 g/mol. The van der Waals surface area contributed by atoms with Crippen molar-refractivity contribution < 1.29 is 33.4 Å². The highest BCUT2D eigenvalue weighted by Crippen LogP contribution is 2.49. The largest absolute Gasteiger partial charge is 0.496 e. The van der Waals surface area contributed by atoms with E-state index in [1.54, 1.807) is 6.92 Å². The van der Waals surface area contributed by atoms with E-state index in [-0.39, 0.29) is 52.9 Å². The maximum absolute atomic E-state index is 15.1. The Morgan fingerprint density at radius 2 is 1.69 bits per heavy atom. The van der Waals surface area contributed by atoms with Crippen molar-refractivity contribution in [3.05, 3.63) is 23.5 Å². The van der Waals surface area contributed by atoms with Crippen molar-refractivity contribution >= 4 is 17.8 Å². The molecule has 5 aliphatic carbocycles. The molecule has 9 heteroatoms. The van der Waals surface area contributed by atoms with Gasteiger partial charge in [0.2, 0.25) is 5.91 Å².